The summed E-state index contributed by atoms with van der Waals surface area (Å²) in [6.45, 7) is 8.94. The van der Waals surface area contributed by atoms with Crippen LogP contribution in [0.25, 0.3) is 11.5 Å². The number of piperazine rings is 1. The molecule has 1 unspecified atom stereocenters. The maximum atomic E-state index is 9.30. The van der Waals surface area contributed by atoms with Crippen LogP contribution in [0.1, 0.15) is 61.2 Å². The van der Waals surface area contributed by atoms with Crippen LogP contribution < -0.4 is 0 Å². The summed E-state index contributed by atoms with van der Waals surface area (Å²) in [6.07, 6.45) is 4.86. The van der Waals surface area contributed by atoms with Crippen molar-refractivity contribution in [3.63, 3.8) is 0 Å². The van der Waals surface area contributed by atoms with Crippen LogP contribution in [0.2, 0.25) is 0 Å². The second kappa shape index (κ2) is 11.2. The Morgan fingerprint density at radius 2 is 1.82 bits per heavy atom. The Balaban J connectivity index is 1.38. The lowest BCUT2D eigenvalue weighted by atomic mass is 9.95. The molecule has 3 aromatic rings. The van der Waals surface area contributed by atoms with Crippen molar-refractivity contribution in [2.24, 2.45) is 0 Å². The first-order chi connectivity index (χ1) is 16.2. The number of nitrogens with zero attached hydrogens (tertiary/aromatic N) is 5. The molecule has 0 spiro atoms. The van der Waals surface area contributed by atoms with Crippen LogP contribution in [0.4, 0.5) is 0 Å². The molecule has 6 heteroatoms. The van der Waals surface area contributed by atoms with Crippen molar-refractivity contribution in [3.8, 4) is 17.5 Å². The molecule has 1 aromatic heterocycles. The number of hydrogen-bond donors (Lipinski definition) is 0. The summed E-state index contributed by atoms with van der Waals surface area (Å²) >= 11 is 0. The number of rotatable bonds is 9. The predicted molar refractivity (Wildman–Crippen MR) is 129 cm³/mol. The van der Waals surface area contributed by atoms with Crippen molar-refractivity contribution in [3.05, 3.63) is 71.1 Å². The highest BCUT2D eigenvalue weighted by molar-refractivity contribution is 5.51. The van der Waals surface area contributed by atoms with Crippen molar-refractivity contribution >= 4 is 0 Å². The first-order valence-electron chi connectivity index (χ1n) is 12.0. The minimum atomic E-state index is 0.401. The maximum Gasteiger partial charge on any atom is 0.247 e. The van der Waals surface area contributed by atoms with Gasteiger partial charge in [0.1, 0.15) is 0 Å². The molecule has 1 atom stereocenters. The van der Waals surface area contributed by atoms with Gasteiger partial charge < -0.3 is 4.42 Å². The van der Waals surface area contributed by atoms with Gasteiger partial charge in [-0.25, -0.2) is 0 Å². The van der Waals surface area contributed by atoms with E-state index in [4.69, 9.17) is 4.42 Å². The highest BCUT2D eigenvalue weighted by Crippen LogP contribution is 2.29. The topological polar surface area (TPSA) is 69.2 Å². The van der Waals surface area contributed by atoms with Crippen molar-refractivity contribution in [2.75, 3.05) is 26.2 Å². The van der Waals surface area contributed by atoms with E-state index in [-0.39, 0.29) is 0 Å². The quantitative estimate of drug-likeness (QED) is 0.415. The Labute approximate surface area is 196 Å². The van der Waals surface area contributed by atoms with Gasteiger partial charge in [-0.05, 0) is 42.7 Å². The molecule has 4 rings (SSSR count). The second-order valence-electron chi connectivity index (χ2n) is 8.88. The third-order valence-corrected chi connectivity index (χ3v) is 6.53. The molecule has 172 valence electrons. The molecule has 0 N–H and O–H groups in total. The molecule has 0 bridgehead atoms. The van der Waals surface area contributed by atoms with Gasteiger partial charge in [0, 0.05) is 37.8 Å². The van der Waals surface area contributed by atoms with E-state index in [0.29, 0.717) is 24.4 Å². The predicted octanol–water partition coefficient (Wildman–Crippen LogP) is 5.36. The maximum absolute atomic E-state index is 9.30. The Morgan fingerprint density at radius 3 is 2.52 bits per heavy atom. The minimum absolute atomic E-state index is 0.401. The number of hydrogen-bond acceptors (Lipinski definition) is 6. The number of aryl methyl sites for hydroxylation is 1. The molecule has 0 radical (unpaired) electrons. The number of unbranched alkanes of at least 4 members (excludes halogenated alkanes) is 2. The van der Waals surface area contributed by atoms with Crippen LogP contribution in [0.3, 0.4) is 0 Å². The SMILES string of the molecule is CCCCCC(c1ccc(C#N)c(C)c1)N1CCN(Cc2nnc(-c3ccccc3)o2)CC1. The van der Waals surface area contributed by atoms with E-state index in [1.807, 2.05) is 43.3 Å². The van der Waals surface area contributed by atoms with Gasteiger partial charge in [-0.1, -0.05) is 56.5 Å². The van der Waals surface area contributed by atoms with Gasteiger partial charge in [-0.15, -0.1) is 10.2 Å². The summed E-state index contributed by atoms with van der Waals surface area (Å²) in [5, 5.41) is 17.8. The van der Waals surface area contributed by atoms with Gasteiger partial charge in [-0.3, -0.25) is 9.80 Å². The van der Waals surface area contributed by atoms with Gasteiger partial charge in [0.15, 0.2) is 0 Å². The summed E-state index contributed by atoms with van der Waals surface area (Å²) in [5.41, 5.74) is 4.12. The van der Waals surface area contributed by atoms with E-state index >= 15 is 0 Å². The average Bonchev–Trinajstić information content (AvgIpc) is 3.32. The normalized spacial score (nSPS) is 15.9. The zero-order chi connectivity index (χ0) is 23.0. The molecule has 33 heavy (non-hydrogen) atoms. The zero-order valence-electron chi connectivity index (χ0n) is 19.7. The lowest BCUT2D eigenvalue weighted by Crippen LogP contribution is -2.47. The van der Waals surface area contributed by atoms with E-state index in [1.165, 1.54) is 24.8 Å². The first kappa shape index (κ1) is 23.2. The molecule has 1 saturated heterocycles. The Kier molecular flexibility index (Phi) is 7.87. The van der Waals surface area contributed by atoms with Gasteiger partial charge in [0.05, 0.1) is 18.2 Å². The fourth-order valence-corrected chi connectivity index (χ4v) is 4.61. The molecule has 0 saturated carbocycles. The van der Waals surface area contributed by atoms with Gasteiger partial charge in [-0.2, -0.15) is 5.26 Å². The first-order valence-corrected chi connectivity index (χ1v) is 12.0. The standard InChI is InChI=1S/C27H33N5O/c1-3-4-6-11-25(23-12-13-24(19-28)21(2)18-23)32-16-14-31(15-17-32)20-26-29-30-27(33-26)22-9-7-5-8-10-22/h5,7-10,12-13,18,25H,3-4,6,11,14-17,20H2,1-2H3. The summed E-state index contributed by atoms with van der Waals surface area (Å²) in [4.78, 5) is 5.00. The fraction of sp³-hybridized carbons (Fsp3) is 0.444. The summed E-state index contributed by atoms with van der Waals surface area (Å²) < 4.78 is 5.91. The highest BCUT2D eigenvalue weighted by Gasteiger charge is 2.26. The molecular weight excluding hydrogens is 410 g/mol. The third-order valence-electron chi connectivity index (χ3n) is 6.53. The summed E-state index contributed by atoms with van der Waals surface area (Å²) in [5.74, 6) is 1.25. The summed E-state index contributed by atoms with van der Waals surface area (Å²) in [7, 11) is 0. The highest BCUT2D eigenvalue weighted by atomic mass is 16.4. The van der Waals surface area contributed by atoms with Crippen molar-refractivity contribution in [1.82, 2.24) is 20.0 Å². The molecular formula is C27H33N5O. The van der Waals surface area contributed by atoms with E-state index in [2.05, 4.69) is 45.1 Å². The molecule has 2 aromatic carbocycles. The van der Waals surface area contributed by atoms with Crippen molar-refractivity contribution in [1.29, 1.82) is 5.26 Å². The number of nitriles is 1. The molecule has 1 aliphatic rings. The van der Waals surface area contributed by atoms with Crippen LogP contribution in [0.5, 0.6) is 0 Å². The zero-order valence-corrected chi connectivity index (χ0v) is 19.7. The number of aromatic nitrogens is 2. The summed E-state index contributed by atoms with van der Waals surface area (Å²) in [6, 6.07) is 18.9. The fourth-order valence-electron chi connectivity index (χ4n) is 4.61. The Morgan fingerprint density at radius 1 is 1.03 bits per heavy atom. The smallest absolute Gasteiger partial charge is 0.247 e. The second-order valence-corrected chi connectivity index (χ2v) is 8.88. The lowest BCUT2D eigenvalue weighted by molar-refractivity contribution is 0.0817. The monoisotopic (exact) mass is 443 g/mol. The van der Waals surface area contributed by atoms with Crippen molar-refractivity contribution < 1.29 is 4.42 Å². The average molecular weight is 444 g/mol. The van der Waals surface area contributed by atoms with Gasteiger partial charge >= 0.3 is 0 Å². The van der Waals surface area contributed by atoms with E-state index in [9.17, 15) is 5.26 Å². The molecule has 2 heterocycles. The number of benzene rings is 2. The molecule has 1 aliphatic heterocycles. The molecule has 6 nitrogen and oxygen atoms in total. The minimum Gasteiger partial charge on any atom is -0.419 e. The van der Waals surface area contributed by atoms with E-state index in [1.54, 1.807) is 0 Å². The van der Waals surface area contributed by atoms with Gasteiger partial charge in [0.2, 0.25) is 11.8 Å². The Hall–Kier alpha value is -3.01. The van der Waals surface area contributed by atoms with Crippen LogP contribution >= 0.6 is 0 Å². The van der Waals surface area contributed by atoms with Gasteiger partial charge in [0.25, 0.3) is 0 Å². The van der Waals surface area contributed by atoms with Crippen LogP contribution in [-0.4, -0.2) is 46.2 Å². The largest absolute Gasteiger partial charge is 0.419 e. The van der Waals surface area contributed by atoms with Crippen molar-refractivity contribution in [2.45, 2.75) is 52.1 Å². The van der Waals surface area contributed by atoms with Crippen LogP contribution in [-0.2, 0) is 6.54 Å². The van der Waals surface area contributed by atoms with Crippen LogP contribution in [0, 0.1) is 18.3 Å². The van der Waals surface area contributed by atoms with Crippen LogP contribution in [0.15, 0.2) is 52.9 Å². The third kappa shape index (κ3) is 5.87. The molecule has 1 fully saturated rings. The Bertz CT molecular complexity index is 1060. The van der Waals surface area contributed by atoms with E-state index in [0.717, 1.165) is 49.3 Å². The molecule has 0 amide bonds. The van der Waals surface area contributed by atoms with E-state index < -0.39 is 0 Å². The lowest BCUT2D eigenvalue weighted by Gasteiger charge is -2.39. The molecule has 0 aliphatic carbocycles.